The van der Waals surface area contributed by atoms with Crippen molar-refractivity contribution in [1.29, 1.82) is 0 Å². The van der Waals surface area contributed by atoms with Crippen molar-refractivity contribution in [2.45, 2.75) is 13.8 Å². The number of aliphatic imine (C=N–C) groups is 1. The minimum atomic E-state index is -0.131. The van der Waals surface area contributed by atoms with Gasteiger partial charge in [0.15, 0.2) is 5.17 Å². The van der Waals surface area contributed by atoms with Crippen LogP contribution in [0.1, 0.15) is 16.7 Å². The van der Waals surface area contributed by atoms with Crippen molar-refractivity contribution in [2.75, 3.05) is 0 Å². The van der Waals surface area contributed by atoms with Crippen LogP contribution in [0.4, 0.5) is 5.69 Å². The lowest BCUT2D eigenvalue weighted by molar-refractivity contribution is -0.115. The lowest BCUT2D eigenvalue weighted by Gasteiger charge is -2.02. The first kappa shape index (κ1) is 15.8. The molecule has 1 heterocycles. The zero-order chi connectivity index (χ0) is 16.4. The molecule has 0 aromatic heterocycles. The maximum absolute atomic E-state index is 12.1. The van der Waals surface area contributed by atoms with Crippen LogP contribution in [0, 0.1) is 13.8 Å². The third-order valence-corrected chi connectivity index (χ3v) is 4.55. The normalized spacial score (nSPS) is 17.8. The summed E-state index contributed by atoms with van der Waals surface area (Å²) in [5.41, 5.74) is 4.08. The Morgan fingerprint density at radius 3 is 2.57 bits per heavy atom. The maximum atomic E-state index is 12.1. The number of nitrogens with one attached hydrogen (secondary N) is 1. The summed E-state index contributed by atoms with van der Waals surface area (Å²) in [7, 11) is 0. The number of thioether (sulfide) groups is 1. The van der Waals surface area contributed by atoms with Gasteiger partial charge >= 0.3 is 0 Å². The molecule has 1 aliphatic heterocycles. The fraction of sp³-hybridized carbons (Fsp3) is 0.111. The molecule has 0 atom stereocenters. The summed E-state index contributed by atoms with van der Waals surface area (Å²) >= 11 is 7.22. The Morgan fingerprint density at radius 1 is 1.13 bits per heavy atom. The molecule has 2 aromatic rings. The fourth-order valence-corrected chi connectivity index (χ4v) is 3.19. The number of amidine groups is 1. The van der Waals surface area contributed by atoms with Gasteiger partial charge in [-0.1, -0.05) is 41.4 Å². The molecule has 1 saturated heterocycles. The quantitative estimate of drug-likeness (QED) is 0.793. The Bertz CT molecular complexity index is 825. The third-order valence-electron chi connectivity index (χ3n) is 3.39. The van der Waals surface area contributed by atoms with Crippen LogP contribution in [0.5, 0.6) is 0 Å². The monoisotopic (exact) mass is 342 g/mol. The number of aryl methyl sites for hydroxylation is 2. The summed E-state index contributed by atoms with van der Waals surface area (Å²) in [5.74, 6) is -0.131. The van der Waals surface area contributed by atoms with E-state index in [1.807, 2.05) is 44.2 Å². The van der Waals surface area contributed by atoms with Crippen molar-refractivity contribution in [2.24, 2.45) is 4.99 Å². The summed E-state index contributed by atoms with van der Waals surface area (Å²) in [4.78, 5) is 17.2. The van der Waals surface area contributed by atoms with Gasteiger partial charge in [0.1, 0.15) is 0 Å². The Labute approximate surface area is 144 Å². The number of carbonyl (C=O) groups is 1. The number of hydrogen-bond acceptors (Lipinski definition) is 3. The molecule has 0 spiro atoms. The summed E-state index contributed by atoms with van der Waals surface area (Å²) in [6.45, 7) is 4.06. The van der Waals surface area contributed by atoms with E-state index in [4.69, 9.17) is 11.6 Å². The average Bonchev–Trinajstić information content (AvgIpc) is 2.84. The summed E-state index contributed by atoms with van der Waals surface area (Å²) in [6, 6.07) is 13.4. The van der Waals surface area contributed by atoms with E-state index in [0.29, 0.717) is 15.1 Å². The Balaban J connectivity index is 1.84. The molecule has 3 rings (SSSR count). The zero-order valence-electron chi connectivity index (χ0n) is 12.8. The van der Waals surface area contributed by atoms with E-state index in [0.717, 1.165) is 16.8 Å². The number of halogens is 1. The fourth-order valence-electron chi connectivity index (χ4n) is 2.23. The SMILES string of the molecule is Cc1ccc(N=C2NC(=O)C(=Cc3ccc(Cl)cc3)S2)c(C)c1. The van der Waals surface area contributed by atoms with Gasteiger partial charge in [0, 0.05) is 5.02 Å². The molecular formula is C18H15ClN2OS. The molecular weight excluding hydrogens is 328 g/mol. The number of rotatable bonds is 2. The highest BCUT2D eigenvalue weighted by atomic mass is 35.5. The molecule has 0 unspecified atom stereocenters. The Hall–Kier alpha value is -2.04. The lowest BCUT2D eigenvalue weighted by atomic mass is 10.1. The second-order valence-electron chi connectivity index (χ2n) is 5.32. The minimum Gasteiger partial charge on any atom is -0.300 e. The highest BCUT2D eigenvalue weighted by molar-refractivity contribution is 8.18. The molecule has 1 fully saturated rings. The summed E-state index contributed by atoms with van der Waals surface area (Å²) in [6.07, 6.45) is 1.83. The van der Waals surface area contributed by atoms with E-state index in [-0.39, 0.29) is 5.91 Å². The van der Waals surface area contributed by atoms with E-state index in [1.165, 1.54) is 17.3 Å². The van der Waals surface area contributed by atoms with Crippen molar-refractivity contribution in [3.05, 3.63) is 69.1 Å². The summed E-state index contributed by atoms with van der Waals surface area (Å²) < 4.78 is 0. The van der Waals surface area contributed by atoms with Crippen molar-refractivity contribution in [3.8, 4) is 0 Å². The predicted molar refractivity (Wildman–Crippen MR) is 98.2 cm³/mol. The Morgan fingerprint density at radius 2 is 1.87 bits per heavy atom. The van der Waals surface area contributed by atoms with Gasteiger partial charge in [0.25, 0.3) is 5.91 Å². The van der Waals surface area contributed by atoms with Crippen molar-refractivity contribution in [1.82, 2.24) is 5.32 Å². The molecule has 1 N–H and O–H groups in total. The summed E-state index contributed by atoms with van der Waals surface area (Å²) in [5, 5.41) is 4.08. The molecule has 116 valence electrons. The first-order valence-corrected chi connectivity index (χ1v) is 8.33. The first-order chi connectivity index (χ1) is 11.0. The van der Waals surface area contributed by atoms with Crippen LogP contribution in [-0.2, 0) is 4.79 Å². The molecule has 0 radical (unpaired) electrons. The predicted octanol–water partition coefficient (Wildman–Crippen LogP) is 4.85. The number of amides is 1. The van der Waals surface area contributed by atoms with Crippen molar-refractivity contribution >= 4 is 46.2 Å². The molecule has 3 nitrogen and oxygen atoms in total. The number of hydrogen-bond donors (Lipinski definition) is 1. The highest BCUT2D eigenvalue weighted by Crippen LogP contribution is 2.29. The van der Waals surface area contributed by atoms with Crippen LogP contribution in [0.3, 0.4) is 0 Å². The number of carbonyl (C=O) groups excluding carboxylic acids is 1. The first-order valence-electron chi connectivity index (χ1n) is 7.14. The van der Waals surface area contributed by atoms with Crippen molar-refractivity contribution in [3.63, 3.8) is 0 Å². The number of benzene rings is 2. The number of nitrogens with zero attached hydrogens (tertiary/aromatic N) is 1. The molecule has 23 heavy (non-hydrogen) atoms. The average molecular weight is 343 g/mol. The van der Waals surface area contributed by atoms with Crippen LogP contribution in [-0.4, -0.2) is 11.1 Å². The molecule has 0 saturated carbocycles. The Kier molecular flexibility index (Phi) is 4.55. The van der Waals surface area contributed by atoms with Crippen LogP contribution >= 0.6 is 23.4 Å². The zero-order valence-corrected chi connectivity index (χ0v) is 14.3. The van der Waals surface area contributed by atoms with E-state index in [1.54, 1.807) is 12.1 Å². The van der Waals surface area contributed by atoms with Gasteiger partial charge in [-0.25, -0.2) is 4.99 Å². The van der Waals surface area contributed by atoms with Gasteiger partial charge in [-0.2, -0.15) is 0 Å². The van der Waals surface area contributed by atoms with Crippen LogP contribution < -0.4 is 5.32 Å². The van der Waals surface area contributed by atoms with Gasteiger partial charge in [-0.15, -0.1) is 0 Å². The third kappa shape index (κ3) is 3.84. The largest absolute Gasteiger partial charge is 0.300 e. The van der Waals surface area contributed by atoms with Crippen molar-refractivity contribution < 1.29 is 4.79 Å². The second-order valence-corrected chi connectivity index (χ2v) is 6.79. The smallest absolute Gasteiger partial charge is 0.264 e. The van der Waals surface area contributed by atoms with E-state index in [9.17, 15) is 4.79 Å². The van der Waals surface area contributed by atoms with Crippen LogP contribution in [0.15, 0.2) is 52.4 Å². The van der Waals surface area contributed by atoms with Crippen LogP contribution in [0.2, 0.25) is 5.02 Å². The molecule has 0 aliphatic carbocycles. The maximum Gasteiger partial charge on any atom is 0.264 e. The van der Waals surface area contributed by atoms with E-state index in [2.05, 4.69) is 16.4 Å². The molecule has 2 aromatic carbocycles. The van der Waals surface area contributed by atoms with E-state index < -0.39 is 0 Å². The van der Waals surface area contributed by atoms with Gasteiger partial charge in [0.05, 0.1) is 10.6 Å². The molecule has 0 bridgehead atoms. The van der Waals surface area contributed by atoms with Gasteiger partial charge < -0.3 is 5.32 Å². The standard InChI is InChI=1S/C18H15ClN2OS/c1-11-3-8-15(12(2)9-11)20-18-21-17(22)16(23-18)10-13-4-6-14(19)7-5-13/h3-10H,1-2H3,(H,20,21,22). The topological polar surface area (TPSA) is 41.5 Å². The minimum absolute atomic E-state index is 0.131. The lowest BCUT2D eigenvalue weighted by Crippen LogP contribution is -2.19. The molecule has 5 heteroatoms. The van der Waals surface area contributed by atoms with Crippen LogP contribution in [0.25, 0.3) is 6.08 Å². The molecule has 1 amide bonds. The second kappa shape index (κ2) is 6.60. The van der Waals surface area contributed by atoms with Gasteiger partial charge in [-0.3, -0.25) is 4.79 Å². The van der Waals surface area contributed by atoms with Gasteiger partial charge in [-0.05, 0) is 61.0 Å². The highest BCUT2D eigenvalue weighted by Gasteiger charge is 2.23. The van der Waals surface area contributed by atoms with Gasteiger partial charge in [0.2, 0.25) is 0 Å². The molecule has 1 aliphatic rings. The van der Waals surface area contributed by atoms with E-state index >= 15 is 0 Å².